The van der Waals surface area contributed by atoms with Crippen LogP contribution in [0.25, 0.3) is 0 Å². The van der Waals surface area contributed by atoms with E-state index >= 15 is 0 Å². The summed E-state index contributed by atoms with van der Waals surface area (Å²) in [4.78, 5) is 13.8. The molecule has 2 heterocycles. The number of carbonyl (C=O) groups is 1. The number of nitrogens with zero attached hydrogens (tertiary/aromatic N) is 3. The Morgan fingerprint density at radius 3 is 2.75 bits per heavy atom. The summed E-state index contributed by atoms with van der Waals surface area (Å²) < 4.78 is 1.78. The Morgan fingerprint density at radius 1 is 1.30 bits per heavy atom. The van der Waals surface area contributed by atoms with Crippen LogP contribution in [0.4, 0.5) is 11.4 Å². The van der Waals surface area contributed by atoms with Gasteiger partial charge in [0.2, 0.25) is 5.91 Å². The van der Waals surface area contributed by atoms with Crippen LogP contribution in [0, 0.1) is 6.92 Å². The fraction of sp³-hybridized carbons (Fsp3) is 0.333. The van der Waals surface area contributed by atoms with Gasteiger partial charge in [-0.1, -0.05) is 18.2 Å². The molecule has 3 rings (SSSR count). The molecule has 1 atom stereocenters. The summed E-state index contributed by atoms with van der Waals surface area (Å²) in [7, 11) is 3.72. The molecule has 1 aliphatic heterocycles. The molecule has 104 valence electrons. The van der Waals surface area contributed by atoms with Crippen molar-refractivity contribution < 1.29 is 4.79 Å². The van der Waals surface area contributed by atoms with Crippen molar-refractivity contribution in [3.63, 3.8) is 0 Å². The molecule has 0 aliphatic carbocycles. The number of benzene rings is 1. The van der Waals surface area contributed by atoms with E-state index < -0.39 is 0 Å². The topological polar surface area (TPSA) is 50.2 Å². The summed E-state index contributed by atoms with van der Waals surface area (Å²) in [6, 6.07) is 8.02. The minimum atomic E-state index is -0.00204. The largest absolute Gasteiger partial charge is 0.375 e. The SMILES string of the molecule is Cc1nn(C)cc1NC1CC(=O)N(C)c2ccccc21. The zero-order chi connectivity index (χ0) is 14.3. The molecule has 0 saturated heterocycles. The van der Waals surface area contributed by atoms with Crippen LogP contribution in [0.15, 0.2) is 30.5 Å². The molecule has 0 radical (unpaired) electrons. The standard InChI is InChI=1S/C15H18N4O/c1-10-13(9-18(2)17-10)16-12-8-15(20)19(3)14-7-5-4-6-11(12)14/h4-7,9,12,16H,8H2,1-3H3. The molecule has 1 aliphatic rings. The summed E-state index contributed by atoms with van der Waals surface area (Å²) in [5.41, 5.74) is 4.04. The van der Waals surface area contributed by atoms with Gasteiger partial charge in [-0.3, -0.25) is 9.48 Å². The number of rotatable bonds is 2. The third-order valence-electron chi connectivity index (χ3n) is 3.77. The van der Waals surface area contributed by atoms with Gasteiger partial charge in [0.05, 0.1) is 23.8 Å². The quantitative estimate of drug-likeness (QED) is 0.910. The smallest absolute Gasteiger partial charge is 0.229 e. The number of hydrogen-bond acceptors (Lipinski definition) is 3. The zero-order valence-electron chi connectivity index (χ0n) is 11.9. The Kier molecular flexibility index (Phi) is 2.97. The molecule has 0 bridgehead atoms. The van der Waals surface area contributed by atoms with Crippen molar-refractivity contribution >= 4 is 17.3 Å². The van der Waals surface area contributed by atoms with Gasteiger partial charge in [-0.2, -0.15) is 5.10 Å². The number of fused-ring (bicyclic) bond motifs is 1. The van der Waals surface area contributed by atoms with Gasteiger partial charge in [0, 0.05) is 26.0 Å². The first-order valence-corrected chi connectivity index (χ1v) is 6.68. The maximum atomic E-state index is 12.1. The van der Waals surface area contributed by atoms with E-state index in [0.29, 0.717) is 6.42 Å². The lowest BCUT2D eigenvalue weighted by molar-refractivity contribution is -0.118. The van der Waals surface area contributed by atoms with Crippen molar-refractivity contribution in [1.82, 2.24) is 9.78 Å². The van der Waals surface area contributed by atoms with E-state index in [2.05, 4.69) is 16.5 Å². The van der Waals surface area contributed by atoms with Crippen LogP contribution in [0.2, 0.25) is 0 Å². The van der Waals surface area contributed by atoms with Crippen molar-refractivity contribution in [2.45, 2.75) is 19.4 Å². The molecule has 1 unspecified atom stereocenters. The van der Waals surface area contributed by atoms with Crippen molar-refractivity contribution in [2.24, 2.45) is 7.05 Å². The molecule has 0 fully saturated rings. The van der Waals surface area contributed by atoms with E-state index in [1.165, 1.54) is 0 Å². The number of aromatic nitrogens is 2. The summed E-state index contributed by atoms with van der Waals surface area (Å²) in [6.45, 7) is 1.96. The summed E-state index contributed by atoms with van der Waals surface area (Å²) in [5.74, 6) is 0.128. The van der Waals surface area contributed by atoms with Crippen LogP contribution < -0.4 is 10.2 Å². The van der Waals surface area contributed by atoms with Gasteiger partial charge in [-0.15, -0.1) is 0 Å². The third-order valence-corrected chi connectivity index (χ3v) is 3.77. The third kappa shape index (κ3) is 2.05. The molecule has 1 amide bonds. The van der Waals surface area contributed by atoms with Gasteiger partial charge in [0.25, 0.3) is 0 Å². The minimum absolute atomic E-state index is 0.00204. The Labute approximate surface area is 118 Å². The number of nitrogens with one attached hydrogen (secondary N) is 1. The normalized spacial score (nSPS) is 18.1. The zero-order valence-corrected chi connectivity index (χ0v) is 11.9. The average molecular weight is 270 g/mol. The highest BCUT2D eigenvalue weighted by Crippen LogP contribution is 2.35. The van der Waals surface area contributed by atoms with Gasteiger partial charge >= 0.3 is 0 Å². The van der Waals surface area contributed by atoms with Gasteiger partial charge in [-0.05, 0) is 18.6 Å². The number of amides is 1. The number of carbonyl (C=O) groups excluding carboxylic acids is 1. The second-order valence-corrected chi connectivity index (χ2v) is 5.21. The molecular formula is C15H18N4O. The first-order chi connectivity index (χ1) is 9.56. The molecule has 2 aromatic rings. The lowest BCUT2D eigenvalue weighted by Gasteiger charge is -2.32. The van der Waals surface area contributed by atoms with Crippen molar-refractivity contribution in [3.8, 4) is 0 Å². The van der Waals surface area contributed by atoms with E-state index in [0.717, 1.165) is 22.6 Å². The van der Waals surface area contributed by atoms with E-state index in [1.807, 2.05) is 45.4 Å². The summed E-state index contributed by atoms with van der Waals surface area (Å²) in [6.07, 6.45) is 2.41. The van der Waals surface area contributed by atoms with Crippen LogP contribution in [0.5, 0.6) is 0 Å². The Balaban J connectivity index is 1.96. The van der Waals surface area contributed by atoms with Gasteiger partial charge in [0.15, 0.2) is 0 Å². The molecule has 0 spiro atoms. The van der Waals surface area contributed by atoms with Crippen LogP contribution in [0.3, 0.4) is 0 Å². The number of para-hydroxylation sites is 1. The van der Waals surface area contributed by atoms with E-state index in [1.54, 1.807) is 9.58 Å². The van der Waals surface area contributed by atoms with Crippen molar-refractivity contribution in [2.75, 3.05) is 17.3 Å². The van der Waals surface area contributed by atoms with E-state index in [4.69, 9.17) is 0 Å². The van der Waals surface area contributed by atoms with E-state index in [9.17, 15) is 4.79 Å². The van der Waals surface area contributed by atoms with Gasteiger partial charge in [-0.25, -0.2) is 0 Å². The monoisotopic (exact) mass is 270 g/mol. The highest BCUT2D eigenvalue weighted by molar-refractivity contribution is 5.97. The molecule has 1 N–H and O–H groups in total. The molecule has 1 aromatic carbocycles. The number of aryl methyl sites for hydroxylation is 2. The number of anilines is 2. The fourth-order valence-electron chi connectivity index (χ4n) is 2.70. The van der Waals surface area contributed by atoms with Crippen molar-refractivity contribution in [1.29, 1.82) is 0 Å². The highest BCUT2D eigenvalue weighted by atomic mass is 16.2. The fourth-order valence-corrected chi connectivity index (χ4v) is 2.70. The first kappa shape index (κ1) is 12.7. The summed E-state index contributed by atoms with van der Waals surface area (Å²) in [5, 5.41) is 7.77. The van der Waals surface area contributed by atoms with E-state index in [-0.39, 0.29) is 11.9 Å². The van der Waals surface area contributed by atoms with Crippen LogP contribution in [-0.2, 0) is 11.8 Å². The number of hydrogen-bond donors (Lipinski definition) is 1. The van der Waals surface area contributed by atoms with Crippen LogP contribution in [-0.4, -0.2) is 22.7 Å². The van der Waals surface area contributed by atoms with Crippen LogP contribution in [0.1, 0.15) is 23.7 Å². The molecule has 20 heavy (non-hydrogen) atoms. The van der Waals surface area contributed by atoms with Gasteiger partial charge < -0.3 is 10.2 Å². The minimum Gasteiger partial charge on any atom is -0.375 e. The van der Waals surface area contributed by atoms with Crippen molar-refractivity contribution in [3.05, 3.63) is 41.7 Å². The molecule has 1 aromatic heterocycles. The molecule has 0 saturated carbocycles. The molecular weight excluding hydrogens is 252 g/mol. The first-order valence-electron chi connectivity index (χ1n) is 6.68. The Morgan fingerprint density at radius 2 is 2.05 bits per heavy atom. The predicted octanol–water partition coefficient (Wildman–Crippen LogP) is 2.25. The van der Waals surface area contributed by atoms with Gasteiger partial charge in [0.1, 0.15) is 0 Å². The lowest BCUT2D eigenvalue weighted by atomic mass is 9.96. The van der Waals surface area contributed by atoms with Crippen LogP contribution >= 0.6 is 0 Å². The Bertz CT molecular complexity index is 662. The molecule has 5 heteroatoms. The second-order valence-electron chi connectivity index (χ2n) is 5.21. The predicted molar refractivity (Wildman–Crippen MR) is 78.8 cm³/mol. The maximum Gasteiger partial charge on any atom is 0.229 e. The maximum absolute atomic E-state index is 12.1. The highest BCUT2D eigenvalue weighted by Gasteiger charge is 2.29. The average Bonchev–Trinajstić information content (AvgIpc) is 2.74. The Hall–Kier alpha value is -2.30. The second kappa shape index (κ2) is 4.67. The molecule has 5 nitrogen and oxygen atoms in total. The lowest BCUT2D eigenvalue weighted by Crippen LogP contribution is -2.35. The summed E-state index contributed by atoms with van der Waals surface area (Å²) >= 11 is 0.